The second kappa shape index (κ2) is 4.81. The fraction of sp³-hybridized carbons (Fsp3) is 0.176. The Kier molecular flexibility index (Phi) is 3.00. The van der Waals surface area contributed by atoms with Crippen molar-refractivity contribution in [2.75, 3.05) is 14.2 Å². The van der Waals surface area contributed by atoms with E-state index in [4.69, 9.17) is 4.74 Å². The predicted octanol–water partition coefficient (Wildman–Crippen LogP) is 3.64. The maximum Gasteiger partial charge on any atom is 0.124 e. The van der Waals surface area contributed by atoms with Gasteiger partial charge in [0.25, 0.3) is 0 Å². The van der Waals surface area contributed by atoms with E-state index in [-0.39, 0.29) is 0 Å². The Morgan fingerprint density at radius 2 is 1.79 bits per heavy atom. The van der Waals surface area contributed by atoms with Gasteiger partial charge in [-0.1, -0.05) is 42.5 Å². The first-order valence-electron chi connectivity index (χ1n) is 6.44. The Labute approximate surface area is 113 Å². The van der Waals surface area contributed by atoms with Crippen LogP contribution >= 0.6 is 0 Å². The summed E-state index contributed by atoms with van der Waals surface area (Å²) in [6, 6.07) is 16.7. The van der Waals surface area contributed by atoms with Gasteiger partial charge in [-0.05, 0) is 23.3 Å². The molecule has 1 aliphatic heterocycles. The molecule has 3 rings (SSSR count). The lowest BCUT2D eigenvalue weighted by atomic mass is 9.98. The van der Waals surface area contributed by atoms with Crippen molar-refractivity contribution in [2.45, 2.75) is 6.54 Å². The highest BCUT2D eigenvalue weighted by Gasteiger charge is 2.18. The van der Waals surface area contributed by atoms with Gasteiger partial charge in [0.2, 0.25) is 0 Å². The lowest BCUT2D eigenvalue weighted by Gasteiger charge is -2.29. The van der Waals surface area contributed by atoms with E-state index in [9.17, 15) is 0 Å². The van der Waals surface area contributed by atoms with Crippen LogP contribution in [0.2, 0.25) is 0 Å². The van der Waals surface area contributed by atoms with Crippen LogP contribution in [0.3, 0.4) is 0 Å². The highest BCUT2D eigenvalue weighted by atomic mass is 16.5. The quantitative estimate of drug-likeness (QED) is 0.808. The van der Waals surface area contributed by atoms with Gasteiger partial charge < -0.3 is 9.64 Å². The third-order valence-electron chi connectivity index (χ3n) is 3.56. The summed E-state index contributed by atoms with van der Waals surface area (Å²) in [7, 11) is 3.85. The second-order valence-corrected chi connectivity index (χ2v) is 4.78. The van der Waals surface area contributed by atoms with Gasteiger partial charge in [-0.15, -0.1) is 0 Å². The number of fused-ring (bicyclic) bond motifs is 1. The van der Waals surface area contributed by atoms with Gasteiger partial charge in [0.15, 0.2) is 0 Å². The van der Waals surface area contributed by atoms with Crippen LogP contribution in [0.4, 0.5) is 0 Å². The van der Waals surface area contributed by atoms with Gasteiger partial charge in [0, 0.05) is 24.9 Å². The topological polar surface area (TPSA) is 12.5 Å². The zero-order chi connectivity index (χ0) is 13.2. The molecule has 19 heavy (non-hydrogen) atoms. The molecule has 0 N–H and O–H groups in total. The van der Waals surface area contributed by atoms with E-state index in [1.807, 2.05) is 18.2 Å². The first-order valence-corrected chi connectivity index (χ1v) is 6.44. The van der Waals surface area contributed by atoms with Crippen molar-refractivity contribution >= 4 is 11.8 Å². The molecule has 0 aliphatic carbocycles. The van der Waals surface area contributed by atoms with Gasteiger partial charge >= 0.3 is 0 Å². The summed E-state index contributed by atoms with van der Waals surface area (Å²) >= 11 is 0. The molecule has 0 saturated heterocycles. The number of hydrogen-bond acceptors (Lipinski definition) is 2. The van der Waals surface area contributed by atoms with Crippen molar-refractivity contribution in [1.82, 2.24) is 4.90 Å². The van der Waals surface area contributed by atoms with E-state index in [0.717, 1.165) is 12.3 Å². The largest absolute Gasteiger partial charge is 0.496 e. The number of hydrogen-bond donors (Lipinski definition) is 0. The van der Waals surface area contributed by atoms with Crippen molar-refractivity contribution in [3.05, 3.63) is 65.2 Å². The zero-order valence-corrected chi connectivity index (χ0v) is 11.3. The van der Waals surface area contributed by atoms with Crippen LogP contribution in [-0.2, 0) is 6.54 Å². The molecule has 2 aromatic rings. The summed E-state index contributed by atoms with van der Waals surface area (Å²) in [5.74, 6) is 0.965. The first-order chi connectivity index (χ1) is 9.29. The Balaban J connectivity index is 2.10. The summed E-state index contributed by atoms with van der Waals surface area (Å²) in [6.07, 6.45) is 2.23. The third-order valence-corrected chi connectivity index (χ3v) is 3.56. The highest BCUT2D eigenvalue weighted by Crippen LogP contribution is 2.34. The van der Waals surface area contributed by atoms with E-state index < -0.39 is 0 Å². The summed E-state index contributed by atoms with van der Waals surface area (Å²) in [5, 5.41) is 0. The van der Waals surface area contributed by atoms with E-state index in [0.29, 0.717) is 0 Å². The average molecular weight is 251 g/mol. The minimum absolute atomic E-state index is 0.875. The Morgan fingerprint density at radius 3 is 2.53 bits per heavy atom. The maximum atomic E-state index is 5.45. The smallest absolute Gasteiger partial charge is 0.124 e. The SMILES string of the molecule is COc1cccc2c1CN(C)C(c1ccccc1)=C2. The summed E-state index contributed by atoms with van der Waals surface area (Å²) < 4.78 is 5.45. The normalized spacial score (nSPS) is 13.8. The van der Waals surface area contributed by atoms with Crippen LogP contribution in [0, 0.1) is 0 Å². The van der Waals surface area contributed by atoms with Crippen LogP contribution < -0.4 is 4.74 Å². The molecule has 96 valence electrons. The minimum atomic E-state index is 0.875. The van der Waals surface area contributed by atoms with Gasteiger partial charge in [-0.3, -0.25) is 0 Å². The number of methoxy groups -OCH3 is 1. The monoisotopic (exact) mass is 251 g/mol. The average Bonchev–Trinajstić information content (AvgIpc) is 2.47. The molecule has 1 aliphatic rings. The Morgan fingerprint density at radius 1 is 1.00 bits per heavy atom. The summed E-state index contributed by atoms with van der Waals surface area (Å²) in [4.78, 5) is 2.26. The molecule has 2 nitrogen and oxygen atoms in total. The lowest BCUT2D eigenvalue weighted by Crippen LogP contribution is -2.20. The molecular formula is C17H17NO. The van der Waals surface area contributed by atoms with E-state index in [2.05, 4.69) is 48.4 Å². The number of nitrogens with zero attached hydrogens (tertiary/aromatic N) is 1. The molecule has 0 unspecified atom stereocenters. The van der Waals surface area contributed by atoms with E-state index in [1.165, 1.54) is 22.4 Å². The number of rotatable bonds is 2. The summed E-state index contributed by atoms with van der Waals surface area (Å²) in [6.45, 7) is 0.875. The van der Waals surface area contributed by atoms with Crippen LogP contribution in [0.1, 0.15) is 16.7 Å². The van der Waals surface area contributed by atoms with Gasteiger partial charge in [0.05, 0.1) is 7.11 Å². The Bertz CT molecular complexity index is 616. The molecule has 0 fully saturated rings. The Hall–Kier alpha value is -2.22. The molecule has 0 aromatic heterocycles. The van der Waals surface area contributed by atoms with Gasteiger partial charge in [-0.25, -0.2) is 0 Å². The molecule has 0 amide bonds. The molecular weight excluding hydrogens is 234 g/mol. The maximum absolute atomic E-state index is 5.45. The highest BCUT2D eigenvalue weighted by molar-refractivity contribution is 5.83. The molecule has 2 aromatic carbocycles. The molecule has 0 radical (unpaired) electrons. The van der Waals surface area contributed by atoms with Crippen molar-refractivity contribution in [2.24, 2.45) is 0 Å². The number of ether oxygens (including phenoxy) is 1. The lowest BCUT2D eigenvalue weighted by molar-refractivity contribution is 0.393. The van der Waals surface area contributed by atoms with Crippen molar-refractivity contribution in [3.63, 3.8) is 0 Å². The standard InChI is InChI=1S/C17H17NO/c1-18-12-15-14(9-6-10-17(15)19-2)11-16(18)13-7-4-3-5-8-13/h3-11H,12H2,1-2H3. The van der Waals surface area contributed by atoms with Crippen LogP contribution in [0.5, 0.6) is 5.75 Å². The summed E-state index contributed by atoms with van der Waals surface area (Å²) in [5.41, 5.74) is 5.00. The first kappa shape index (κ1) is 11.8. The molecule has 0 atom stereocenters. The predicted molar refractivity (Wildman–Crippen MR) is 78.8 cm³/mol. The second-order valence-electron chi connectivity index (χ2n) is 4.78. The van der Waals surface area contributed by atoms with Crippen molar-refractivity contribution in [3.8, 4) is 5.75 Å². The molecule has 1 heterocycles. The molecule has 0 bridgehead atoms. The van der Waals surface area contributed by atoms with E-state index in [1.54, 1.807) is 7.11 Å². The fourth-order valence-corrected chi connectivity index (χ4v) is 2.57. The van der Waals surface area contributed by atoms with Crippen LogP contribution in [0.25, 0.3) is 11.8 Å². The van der Waals surface area contributed by atoms with Crippen LogP contribution in [0.15, 0.2) is 48.5 Å². The van der Waals surface area contributed by atoms with E-state index >= 15 is 0 Å². The van der Waals surface area contributed by atoms with Gasteiger partial charge in [-0.2, -0.15) is 0 Å². The number of benzene rings is 2. The third kappa shape index (κ3) is 2.10. The zero-order valence-electron chi connectivity index (χ0n) is 11.3. The van der Waals surface area contributed by atoms with Gasteiger partial charge in [0.1, 0.15) is 5.75 Å². The minimum Gasteiger partial charge on any atom is -0.496 e. The van der Waals surface area contributed by atoms with Crippen LogP contribution in [-0.4, -0.2) is 19.1 Å². The molecule has 0 spiro atoms. The van der Waals surface area contributed by atoms with Crippen molar-refractivity contribution < 1.29 is 4.74 Å². The fourth-order valence-electron chi connectivity index (χ4n) is 2.57. The molecule has 0 saturated carbocycles. The molecule has 2 heteroatoms. The van der Waals surface area contributed by atoms with Crippen molar-refractivity contribution in [1.29, 1.82) is 0 Å².